The van der Waals surface area contributed by atoms with Crippen LogP contribution >= 0.6 is 15.9 Å². The second-order valence-electron chi connectivity index (χ2n) is 3.73. The highest BCUT2D eigenvalue weighted by Gasteiger charge is 2.04. The average molecular weight is 302 g/mol. The molecule has 0 aliphatic rings. The summed E-state index contributed by atoms with van der Waals surface area (Å²) in [5, 5.41) is 4.20. The Balaban J connectivity index is 0.000000574. The molecule has 18 heavy (non-hydrogen) atoms. The van der Waals surface area contributed by atoms with Crippen LogP contribution in [-0.2, 0) is 0 Å². The number of aromatic nitrogens is 1. The van der Waals surface area contributed by atoms with E-state index in [2.05, 4.69) is 20.9 Å². The lowest BCUT2D eigenvalue weighted by Crippen LogP contribution is -1.86. The fraction of sp³-hybridized carbons (Fsp3) is 0.0667. The first-order valence-electron chi connectivity index (χ1n) is 5.48. The van der Waals surface area contributed by atoms with E-state index in [0.717, 1.165) is 33.4 Å². The van der Waals surface area contributed by atoms with Gasteiger partial charge in [0.1, 0.15) is 0 Å². The van der Waals surface area contributed by atoms with Gasteiger partial charge in [-0.15, -0.1) is 0 Å². The average Bonchev–Trinajstić information content (AvgIpc) is 2.48. The number of carbonyl (C=O) groups excluding carboxylic acids is 1. The van der Waals surface area contributed by atoms with Crippen molar-refractivity contribution in [2.75, 3.05) is 5.83 Å². The van der Waals surface area contributed by atoms with Gasteiger partial charge in [-0.2, -0.15) is 0 Å². The van der Waals surface area contributed by atoms with Crippen molar-refractivity contribution in [3.63, 3.8) is 0 Å². The van der Waals surface area contributed by atoms with Gasteiger partial charge in [-0.3, -0.25) is 9.78 Å². The molecule has 1 heterocycles. The molecule has 90 valence electrons. The number of carbonyl (C=O) groups is 1. The lowest BCUT2D eigenvalue weighted by Gasteiger charge is -2.05. The van der Waals surface area contributed by atoms with Crippen molar-refractivity contribution in [1.82, 2.24) is 4.98 Å². The van der Waals surface area contributed by atoms with E-state index >= 15 is 0 Å². The maximum Gasteiger partial charge on any atom is 0.150 e. The van der Waals surface area contributed by atoms with Gasteiger partial charge >= 0.3 is 0 Å². The van der Waals surface area contributed by atoms with E-state index in [9.17, 15) is 4.79 Å². The lowest BCUT2D eigenvalue weighted by atomic mass is 9.99. The molecule has 2 nitrogen and oxygen atoms in total. The topological polar surface area (TPSA) is 30.0 Å². The third-order valence-electron chi connectivity index (χ3n) is 2.82. The van der Waals surface area contributed by atoms with Crippen LogP contribution in [0.2, 0.25) is 0 Å². The number of pyridine rings is 1. The summed E-state index contributed by atoms with van der Waals surface area (Å²) in [4.78, 5) is 15.2. The Morgan fingerprint density at radius 1 is 1.06 bits per heavy atom. The molecule has 0 saturated heterocycles. The molecule has 0 radical (unpaired) electrons. The van der Waals surface area contributed by atoms with Crippen LogP contribution in [0, 0.1) is 0 Å². The molecule has 0 atom stereocenters. The minimum atomic E-state index is 0.731. The van der Waals surface area contributed by atoms with E-state index < -0.39 is 0 Å². The first kappa shape index (κ1) is 12.7. The van der Waals surface area contributed by atoms with Crippen LogP contribution in [-0.4, -0.2) is 17.1 Å². The number of hydrogen-bond acceptors (Lipinski definition) is 2. The van der Waals surface area contributed by atoms with E-state index in [0.29, 0.717) is 0 Å². The summed E-state index contributed by atoms with van der Waals surface area (Å²) >= 11 is 2.94. The van der Waals surface area contributed by atoms with E-state index in [1.807, 2.05) is 48.4 Å². The van der Waals surface area contributed by atoms with E-state index in [-0.39, 0.29) is 0 Å². The van der Waals surface area contributed by atoms with Gasteiger partial charge in [0, 0.05) is 23.3 Å². The molecule has 0 amide bonds. The highest BCUT2D eigenvalue weighted by molar-refractivity contribution is 9.08. The quantitative estimate of drug-likeness (QED) is 0.383. The molecule has 0 unspecified atom stereocenters. The number of benzene rings is 2. The molecule has 0 bridgehead atoms. The van der Waals surface area contributed by atoms with Gasteiger partial charge in [0.05, 0.1) is 0 Å². The number of fused-ring (bicyclic) bond motifs is 3. The SMILES string of the molecule is CBr.O=Cc1cc2ccncc2c2ccccc12. The molecule has 3 aromatic rings. The summed E-state index contributed by atoms with van der Waals surface area (Å²) in [5.74, 6) is 1.81. The Kier molecular flexibility index (Phi) is 4.05. The Hall–Kier alpha value is -1.74. The number of alkyl halides is 1. The largest absolute Gasteiger partial charge is 0.298 e. The Morgan fingerprint density at radius 2 is 1.78 bits per heavy atom. The molecular weight excluding hydrogens is 290 g/mol. The van der Waals surface area contributed by atoms with Crippen molar-refractivity contribution in [3.05, 3.63) is 54.4 Å². The van der Waals surface area contributed by atoms with E-state index in [4.69, 9.17) is 0 Å². The molecule has 2 aromatic carbocycles. The van der Waals surface area contributed by atoms with Crippen molar-refractivity contribution < 1.29 is 4.79 Å². The second-order valence-corrected chi connectivity index (χ2v) is 3.73. The summed E-state index contributed by atoms with van der Waals surface area (Å²) in [7, 11) is 0. The zero-order valence-corrected chi connectivity index (χ0v) is 11.5. The molecule has 0 fully saturated rings. The van der Waals surface area contributed by atoms with Gasteiger partial charge in [0.25, 0.3) is 0 Å². The van der Waals surface area contributed by atoms with Crippen LogP contribution in [0.5, 0.6) is 0 Å². The third-order valence-corrected chi connectivity index (χ3v) is 2.82. The predicted octanol–water partition coefficient (Wildman–Crippen LogP) is 4.21. The van der Waals surface area contributed by atoms with Crippen LogP contribution in [0.3, 0.4) is 0 Å². The number of nitrogens with zero attached hydrogens (tertiary/aromatic N) is 1. The Bertz CT molecular complexity index is 694. The van der Waals surface area contributed by atoms with Crippen molar-refractivity contribution >= 4 is 43.8 Å². The highest BCUT2D eigenvalue weighted by atomic mass is 79.9. The van der Waals surface area contributed by atoms with Gasteiger partial charge < -0.3 is 0 Å². The van der Waals surface area contributed by atoms with E-state index in [1.165, 1.54) is 0 Å². The fourth-order valence-corrected chi connectivity index (χ4v) is 2.07. The lowest BCUT2D eigenvalue weighted by molar-refractivity contribution is 0.112. The van der Waals surface area contributed by atoms with Gasteiger partial charge in [0.15, 0.2) is 6.29 Å². The summed E-state index contributed by atoms with van der Waals surface area (Å²) in [6.07, 6.45) is 4.49. The maximum atomic E-state index is 11.0. The molecular formula is C15H12BrNO. The fourth-order valence-electron chi connectivity index (χ4n) is 2.07. The smallest absolute Gasteiger partial charge is 0.150 e. The zero-order chi connectivity index (χ0) is 13.0. The standard InChI is InChI=1S/C14H9NO.CH3Br/c16-9-11-7-10-5-6-15-8-14(10)13-4-2-1-3-12(11)13;1-2/h1-9H;1H3. The minimum Gasteiger partial charge on any atom is -0.298 e. The number of halogens is 1. The number of aldehydes is 1. The number of hydrogen-bond donors (Lipinski definition) is 0. The van der Waals surface area contributed by atoms with Crippen molar-refractivity contribution in [2.24, 2.45) is 0 Å². The van der Waals surface area contributed by atoms with Crippen LogP contribution < -0.4 is 0 Å². The van der Waals surface area contributed by atoms with Gasteiger partial charge in [-0.25, -0.2) is 0 Å². The molecule has 1 aromatic heterocycles. The molecule has 0 N–H and O–H groups in total. The normalized spacial score (nSPS) is 9.89. The Labute approximate surface area is 114 Å². The molecule has 0 aliphatic heterocycles. The van der Waals surface area contributed by atoms with Crippen LogP contribution in [0.25, 0.3) is 21.5 Å². The summed E-state index contributed by atoms with van der Waals surface area (Å²) < 4.78 is 0. The van der Waals surface area contributed by atoms with Crippen molar-refractivity contribution in [3.8, 4) is 0 Å². The molecule has 0 aliphatic carbocycles. The minimum absolute atomic E-state index is 0.731. The highest BCUT2D eigenvalue weighted by Crippen LogP contribution is 2.26. The van der Waals surface area contributed by atoms with Gasteiger partial charge in [-0.1, -0.05) is 40.2 Å². The summed E-state index contributed by atoms with van der Waals surface area (Å²) in [6, 6.07) is 11.7. The molecule has 3 heteroatoms. The van der Waals surface area contributed by atoms with Crippen molar-refractivity contribution in [1.29, 1.82) is 0 Å². The van der Waals surface area contributed by atoms with Crippen LogP contribution in [0.1, 0.15) is 10.4 Å². The van der Waals surface area contributed by atoms with Crippen LogP contribution in [0.4, 0.5) is 0 Å². The van der Waals surface area contributed by atoms with Gasteiger partial charge in [0.2, 0.25) is 0 Å². The molecule has 0 spiro atoms. The van der Waals surface area contributed by atoms with Crippen molar-refractivity contribution in [2.45, 2.75) is 0 Å². The number of rotatable bonds is 1. The van der Waals surface area contributed by atoms with Crippen LogP contribution in [0.15, 0.2) is 48.8 Å². The zero-order valence-electron chi connectivity index (χ0n) is 9.93. The van der Waals surface area contributed by atoms with Gasteiger partial charge in [-0.05, 0) is 34.1 Å². The third kappa shape index (κ3) is 2.14. The first-order chi connectivity index (χ1) is 8.90. The monoisotopic (exact) mass is 301 g/mol. The molecule has 0 saturated carbocycles. The predicted molar refractivity (Wildman–Crippen MR) is 79.5 cm³/mol. The summed E-state index contributed by atoms with van der Waals surface area (Å²) in [6.45, 7) is 0. The Morgan fingerprint density at radius 3 is 2.50 bits per heavy atom. The van der Waals surface area contributed by atoms with E-state index in [1.54, 1.807) is 6.20 Å². The maximum absolute atomic E-state index is 11.0. The first-order valence-corrected chi connectivity index (χ1v) is 7.07. The second kappa shape index (κ2) is 5.74. The summed E-state index contributed by atoms with van der Waals surface area (Å²) in [5.41, 5.74) is 0.731. The molecule has 3 rings (SSSR count).